The summed E-state index contributed by atoms with van der Waals surface area (Å²) in [5, 5.41) is 12.5. The molecule has 2 N–H and O–H groups in total. The molecule has 0 aliphatic heterocycles. The quantitative estimate of drug-likeness (QED) is 0.730. The SMILES string of the molecule is CC[C@H](CO)Nc1ccnc(Cl)c1. The van der Waals surface area contributed by atoms with E-state index in [1.165, 1.54) is 0 Å². The van der Waals surface area contributed by atoms with Gasteiger partial charge in [0.25, 0.3) is 0 Å². The molecule has 3 nitrogen and oxygen atoms in total. The highest BCUT2D eigenvalue weighted by Crippen LogP contribution is 2.13. The molecule has 13 heavy (non-hydrogen) atoms. The molecule has 0 radical (unpaired) electrons. The average Bonchev–Trinajstić information content (AvgIpc) is 2.14. The molecule has 0 aliphatic rings. The van der Waals surface area contributed by atoms with E-state index in [-0.39, 0.29) is 12.6 Å². The minimum atomic E-state index is 0.0819. The predicted octanol–water partition coefficient (Wildman–Crippen LogP) is 1.92. The van der Waals surface area contributed by atoms with Crippen LogP contribution in [0.1, 0.15) is 13.3 Å². The third kappa shape index (κ3) is 3.20. The van der Waals surface area contributed by atoms with E-state index in [1.807, 2.05) is 13.0 Å². The summed E-state index contributed by atoms with van der Waals surface area (Å²) in [5.41, 5.74) is 0.890. The van der Waals surface area contributed by atoms with Crippen LogP contribution in [0.2, 0.25) is 5.15 Å². The van der Waals surface area contributed by atoms with Crippen molar-refractivity contribution in [3.8, 4) is 0 Å². The number of halogens is 1. The van der Waals surface area contributed by atoms with Gasteiger partial charge in [-0.1, -0.05) is 18.5 Å². The van der Waals surface area contributed by atoms with Gasteiger partial charge in [-0.3, -0.25) is 0 Å². The summed E-state index contributed by atoms with van der Waals surface area (Å²) in [4.78, 5) is 3.86. The number of rotatable bonds is 4. The fraction of sp³-hybridized carbons (Fsp3) is 0.444. The highest BCUT2D eigenvalue weighted by Gasteiger charge is 2.03. The van der Waals surface area contributed by atoms with Crippen molar-refractivity contribution >= 4 is 17.3 Å². The Hall–Kier alpha value is -0.800. The number of anilines is 1. The molecule has 0 unspecified atom stereocenters. The number of hydrogen-bond donors (Lipinski definition) is 2. The zero-order valence-corrected chi connectivity index (χ0v) is 8.25. The van der Waals surface area contributed by atoms with Crippen molar-refractivity contribution in [3.05, 3.63) is 23.5 Å². The second-order valence-electron chi connectivity index (χ2n) is 2.80. The predicted molar refractivity (Wildman–Crippen MR) is 54.0 cm³/mol. The molecule has 0 bridgehead atoms. The molecule has 0 spiro atoms. The summed E-state index contributed by atoms with van der Waals surface area (Å²) in [6.45, 7) is 2.13. The Bertz CT molecular complexity index is 264. The van der Waals surface area contributed by atoms with Gasteiger partial charge < -0.3 is 10.4 Å². The van der Waals surface area contributed by atoms with E-state index in [0.29, 0.717) is 5.15 Å². The maximum absolute atomic E-state index is 8.95. The van der Waals surface area contributed by atoms with Gasteiger partial charge in [0, 0.05) is 17.9 Å². The maximum Gasteiger partial charge on any atom is 0.131 e. The van der Waals surface area contributed by atoms with Crippen molar-refractivity contribution in [2.45, 2.75) is 19.4 Å². The maximum atomic E-state index is 8.95. The van der Waals surface area contributed by atoms with E-state index < -0.39 is 0 Å². The Labute approximate surface area is 82.8 Å². The first kappa shape index (κ1) is 10.3. The number of aromatic nitrogens is 1. The zero-order valence-electron chi connectivity index (χ0n) is 7.50. The molecular formula is C9H13ClN2O. The number of aliphatic hydroxyl groups is 1. The van der Waals surface area contributed by atoms with Gasteiger partial charge in [0.1, 0.15) is 5.15 Å². The number of nitrogens with zero attached hydrogens (tertiary/aromatic N) is 1. The standard InChI is InChI=1S/C9H13ClN2O/c1-2-7(6-13)12-8-3-4-11-9(10)5-8/h3-5,7,13H,2,6H2,1H3,(H,11,12)/t7-/m1/s1. The normalized spacial score (nSPS) is 12.5. The van der Waals surface area contributed by atoms with Gasteiger partial charge >= 0.3 is 0 Å². The minimum Gasteiger partial charge on any atom is -0.394 e. The second kappa shape index (κ2) is 5.04. The fourth-order valence-corrected chi connectivity index (χ4v) is 1.18. The highest BCUT2D eigenvalue weighted by atomic mass is 35.5. The molecule has 0 aromatic carbocycles. The summed E-state index contributed by atoms with van der Waals surface area (Å²) < 4.78 is 0. The van der Waals surface area contributed by atoms with Gasteiger partial charge in [-0.25, -0.2) is 4.98 Å². The van der Waals surface area contributed by atoms with Gasteiger partial charge in [0.2, 0.25) is 0 Å². The second-order valence-corrected chi connectivity index (χ2v) is 3.19. The molecule has 1 heterocycles. The molecular weight excluding hydrogens is 188 g/mol. The summed E-state index contributed by atoms with van der Waals surface area (Å²) >= 11 is 5.70. The molecule has 0 fully saturated rings. The van der Waals surface area contributed by atoms with Crippen LogP contribution in [0.4, 0.5) is 5.69 Å². The van der Waals surface area contributed by atoms with E-state index >= 15 is 0 Å². The Balaban J connectivity index is 2.62. The van der Waals surface area contributed by atoms with Crippen LogP contribution in [0, 0.1) is 0 Å². The van der Waals surface area contributed by atoms with Crippen molar-refractivity contribution < 1.29 is 5.11 Å². The summed E-state index contributed by atoms with van der Waals surface area (Å²) in [6.07, 6.45) is 2.51. The number of pyridine rings is 1. The number of nitrogens with one attached hydrogen (secondary N) is 1. The Kier molecular flexibility index (Phi) is 3.99. The van der Waals surface area contributed by atoms with Crippen LogP contribution >= 0.6 is 11.6 Å². The molecule has 4 heteroatoms. The van der Waals surface area contributed by atoms with Gasteiger partial charge in [-0.2, -0.15) is 0 Å². The average molecular weight is 201 g/mol. The van der Waals surface area contributed by atoms with Crippen LogP contribution in [0.15, 0.2) is 18.3 Å². The summed E-state index contributed by atoms with van der Waals surface area (Å²) in [5.74, 6) is 0. The smallest absolute Gasteiger partial charge is 0.131 e. The van der Waals surface area contributed by atoms with Crippen molar-refractivity contribution in [2.75, 3.05) is 11.9 Å². The molecule has 1 aromatic heterocycles. The van der Waals surface area contributed by atoms with Crippen LogP contribution in [0.25, 0.3) is 0 Å². The van der Waals surface area contributed by atoms with E-state index in [0.717, 1.165) is 12.1 Å². The van der Waals surface area contributed by atoms with Crippen LogP contribution in [-0.4, -0.2) is 22.7 Å². The molecule has 0 amide bonds. The lowest BCUT2D eigenvalue weighted by Gasteiger charge is -2.14. The van der Waals surface area contributed by atoms with Crippen LogP contribution in [-0.2, 0) is 0 Å². The largest absolute Gasteiger partial charge is 0.394 e. The van der Waals surface area contributed by atoms with Gasteiger partial charge in [-0.05, 0) is 18.6 Å². The monoisotopic (exact) mass is 200 g/mol. The first-order valence-corrected chi connectivity index (χ1v) is 4.63. The van der Waals surface area contributed by atoms with Crippen molar-refractivity contribution in [1.29, 1.82) is 0 Å². The minimum absolute atomic E-state index is 0.0819. The first-order valence-electron chi connectivity index (χ1n) is 4.25. The van der Waals surface area contributed by atoms with Crippen molar-refractivity contribution in [3.63, 3.8) is 0 Å². The van der Waals surface area contributed by atoms with Crippen LogP contribution in [0.3, 0.4) is 0 Å². The summed E-state index contributed by atoms with van der Waals surface area (Å²) in [6, 6.07) is 3.64. The molecule has 0 saturated carbocycles. The van der Waals surface area contributed by atoms with E-state index in [4.69, 9.17) is 16.7 Å². The Morgan fingerprint density at radius 3 is 3.00 bits per heavy atom. The van der Waals surface area contributed by atoms with E-state index in [9.17, 15) is 0 Å². The highest BCUT2D eigenvalue weighted by molar-refractivity contribution is 6.29. The molecule has 1 atom stereocenters. The van der Waals surface area contributed by atoms with Gasteiger partial charge in [-0.15, -0.1) is 0 Å². The number of aliphatic hydroxyl groups excluding tert-OH is 1. The lowest BCUT2D eigenvalue weighted by Crippen LogP contribution is -2.22. The first-order chi connectivity index (χ1) is 6.26. The van der Waals surface area contributed by atoms with Crippen LogP contribution in [0.5, 0.6) is 0 Å². The molecule has 72 valence electrons. The summed E-state index contributed by atoms with van der Waals surface area (Å²) in [7, 11) is 0. The van der Waals surface area contributed by atoms with Gasteiger partial charge in [0.05, 0.1) is 6.61 Å². The molecule has 1 rings (SSSR count). The fourth-order valence-electron chi connectivity index (χ4n) is 1.00. The topological polar surface area (TPSA) is 45.1 Å². The van der Waals surface area contributed by atoms with Crippen LogP contribution < -0.4 is 5.32 Å². The molecule has 0 saturated heterocycles. The third-order valence-corrected chi connectivity index (χ3v) is 2.02. The Morgan fingerprint density at radius 1 is 1.69 bits per heavy atom. The lowest BCUT2D eigenvalue weighted by molar-refractivity contribution is 0.272. The molecule has 1 aromatic rings. The number of hydrogen-bond acceptors (Lipinski definition) is 3. The molecule has 0 aliphatic carbocycles. The van der Waals surface area contributed by atoms with E-state index in [1.54, 1.807) is 12.3 Å². The van der Waals surface area contributed by atoms with E-state index in [2.05, 4.69) is 10.3 Å². The Morgan fingerprint density at radius 2 is 2.46 bits per heavy atom. The van der Waals surface area contributed by atoms with Crippen molar-refractivity contribution in [2.24, 2.45) is 0 Å². The lowest BCUT2D eigenvalue weighted by atomic mass is 10.2. The van der Waals surface area contributed by atoms with Gasteiger partial charge in [0.15, 0.2) is 0 Å². The van der Waals surface area contributed by atoms with Crippen molar-refractivity contribution in [1.82, 2.24) is 4.98 Å². The third-order valence-electron chi connectivity index (χ3n) is 1.81. The zero-order chi connectivity index (χ0) is 9.68.